The third-order valence-corrected chi connectivity index (χ3v) is 7.54. The Morgan fingerprint density at radius 3 is 2.17 bits per heavy atom. The Morgan fingerprint density at radius 2 is 1.46 bits per heavy atom. The molecule has 1 aromatic heterocycles. The van der Waals surface area contributed by atoms with Gasteiger partial charge in [0.25, 0.3) is 0 Å². The highest BCUT2D eigenvalue weighted by Crippen LogP contribution is 2.31. The van der Waals surface area contributed by atoms with Crippen molar-refractivity contribution in [1.29, 1.82) is 0 Å². The molecule has 35 heavy (non-hydrogen) atoms. The van der Waals surface area contributed by atoms with Gasteiger partial charge in [0.15, 0.2) is 5.16 Å². The van der Waals surface area contributed by atoms with Crippen molar-refractivity contribution in [2.24, 2.45) is 0 Å². The van der Waals surface area contributed by atoms with E-state index in [2.05, 4.69) is 43.9 Å². The van der Waals surface area contributed by atoms with Gasteiger partial charge in [0, 0.05) is 18.2 Å². The van der Waals surface area contributed by atoms with Gasteiger partial charge in [-0.1, -0.05) is 66.4 Å². The van der Waals surface area contributed by atoms with E-state index in [-0.39, 0.29) is 5.82 Å². The largest absolute Gasteiger partial charge is 0.508 e. The van der Waals surface area contributed by atoms with E-state index in [1.807, 2.05) is 30.3 Å². The monoisotopic (exact) mass is 488 g/mol. The standard InChI is InChI=1S/C28H29FN4OS/c29-25-10-6-23(7-11-25)20-35-28-31-30-27(33(28)19-21-4-2-1-3-5-21)24-14-16-32(17-15-24)18-22-8-12-26(34)13-9-22/h1-13,24,34H,14-20H2. The summed E-state index contributed by atoms with van der Waals surface area (Å²) in [5.74, 6) is 2.23. The minimum absolute atomic E-state index is 0.218. The molecule has 0 aliphatic carbocycles. The van der Waals surface area contributed by atoms with Crippen LogP contribution in [-0.2, 0) is 18.8 Å². The van der Waals surface area contributed by atoms with Gasteiger partial charge in [0.1, 0.15) is 17.4 Å². The fourth-order valence-electron chi connectivity index (χ4n) is 4.56. The number of rotatable bonds is 8. The third kappa shape index (κ3) is 6.10. The summed E-state index contributed by atoms with van der Waals surface area (Å²) in [4.78, 5) is 2.46. The first-order chi connectivity index (χ1) is 17.1. The molecule has 7 heteroatoms. The lowest BCUT2D eigenvalue weighted by Crippen LogP contribution is -2.33. The highest BCUT2D eigenvalue weighted by molar-refractivity contribution is 7.98. The van der Waals surface area contributed by atoms with Crippen molar-refractivity contribution < 1.29 is 9.50 Å². The molecular weight excluding hydrogens is 459 g/mol. The lowest BCUT2D eigenvalue weighted by molar-refractivity contribution is 0.200. The van der Waals surface area contributed by atoms with Crippen LogP contribution in [0.2, 0.25) is 0 Å². The van der Waals surface area contributed by atoms with Crippen molar-refractivity contribution in [1.82, 2.24) is 19.7 Å². The minimum atomic E-state index is -0.218. The van der Waals surface area contributed by atoms with Crippen molar-refractivity contribution in [3.8, 4) is 5.75 Å². The fraction of sp³-hybridized carbons (Fsp3) is 0.286. The fourth-order valence-corrected chi connectivity index (χ4v) is 5.46. The average molecular weight is 489 g/mol. The number of piperidine rings is 1. The smallest absolute Gasteiger partial charge is 0.191 e. The number of hydrogen-bond acceptors (Lipinski definition) is 5. The summed E-state index contributed by atoms with van der Waals surface area (Å²) in [6.45, 7) is 3.63. The maximum atomic E-state index is 13.3. The molecule has 1 aliphatic rings. The molecule has 0 amide bonds. The normalized spacial score (nSPS) is 14.9. The number of nitrogens with zero attached hydrogens (tertiary/aromatic N) is 4. The number of likely N-dealkylation sites (tertiary alicyclic amines) is 1. The van der Waals surface area contributed by atoms with Gasteiger partial charge in [0.2, 0.25) is 0 Å². The molecule has 1 fully saturated rings. The Morgan fingerprint density at radius 1 is 0.800 bits per heavy atom. The van der Waals surface area contributed by atoms with E-state index in [9.17, 15) is 9.50 Å². The molecule has 1 saturated heterocycles. The second-order valence-corrected chi connectivity index (χ2v) is 9.99. The number of phenolic OH excluding ortho intramolecular Hbond substituents is 1. The van der Waals surface area contributed by atoms with Gasteiger partial charge in [-0.05, 0) is 66.9 Å². The average Bonchev–Trinajstić information content (AvgIpc) is 3.28. The van der Waals surface area contributed by atoms with Crippen molar-refractivity contribution in [2.75, 3.05) is 13.1 Å². The number of aromatic hydroxyl groups is 1. The van der Waals surface area contributed by atoms with E-state index in [0.29, 0.717) is 11.7 Å². The Bertz CT molecular complexity index is 1220. The highest BCUT2D eigenvalue weighted by Gasteiger charge is 2.26. The molecule has 0 saturated carbocycles. The zero-order valence-corrected chi connectivity index (χ0v) is 20.4. The molecule has 1 N–H and O–H groups in total. The highest BCUT2D eigenvalue weighted by atomic mass is 32.2. The number of benzene rings is 3. The Hall–Kier alpha value is -3.16. The molecule has 0 spiro atoms. The molecule has 180 valence electrons. The van der Waals surface area contributed by atoms with Crippen molar-refractivity contribution in [2.45, 2.75) is 42.8 Å². The van der Waals surface area contributed by atoms with Gasteiger partial charge >= 0.3 is 0 Å². The molecule has 2 heterocycles. The van der Waals surface area contributed by atoms with Crippen molar-refractivity contribution in [3.05, 3.63) is 107 Å². The van der Waals surface area contributed by atoms with Crippen molar-refractivity contribution in [3.63, 3.8) is 0 Å². The lowest BCUT2D eigenvalue weighted by Gasteiger charge is -2.31. The van der Waals surface area contributed by atoms with Crippen LogP contribution in [-0.4, -0.2) is 37.9 Å². The quantitative estimate of drug-likeness (QED) is 0.316. The molecule has 5 nitrogen and oxygen atoms in total. The van der Waals surface area contributed by atoms with Crippen LogP contribution >= 0.6 is 11.8 Å². The molecule has 0 unspecified atom stereocenters. The molecule has 0 atom stereocenters. The molecule has 0 bridgehead atoms. The Balaban J connectivity index is 1.29. The van der Waals surface area contributed by atoms with Crippen LogP contribution < -0.4 is 0 Å². The maximum Gasteiger partial charge on any atom is 0.191 e. The predicted molar refractivity (Wildman–Crippen MR) is 137 cm³/mol. The Kier molecular flexibility index (Phi) is 7.45. The summed E-state index contributed by atoms with van der Waals surface area (Å²) in [6, 6.07) is 24.6. The molecule has 0 radical (unpaired) electrons. The first-order valence-electron chi connectivity index (χ1n) is 12.0. The molecular formula is C28H29FN4OS. The van der Waals surface area contributed by atoms with Gasteiger partial charge in [-0.2, -0.15) is 0 Å². The van der Waals surface area contributed by atoms with E-state index in [0.717, 1.165) is 61.3 Å². The van der Waals surface area contributed by atoms with Crippen molar-refractivity contribution >= 4 is 11.8 Å². The van der Waals surface area contributed by atoms with Crippen LogP contribution in [0.3, 0.4) is 0 Å². The predicted octanol–water partition coefficient (Wildman–Crippen LogP) is 5.84. The second kappa shape index (κ2) is 11.1. The van der Waals surface area contributed by atoms with E-state index in [1.165, 1.54) is 23.3 Å². The van der Waals surface area contributed by atoms with E-state index < -0.39 is 0 Å². The van der Waals surface area contributed by atoms with Crippen LogP contribution in [0.4, 0.5) is 4.39 Å². The molecule has 5 rings (SSSR count). The van der Waals surface area contributed by atoms with E-state index >= 15 is 0 Å². The van der Waals surface area contributed by atoms with Crippen LogP contribution in [0, 0.1) is 5.82 Å². The number of halogens is 1. The first kappa shape index (κ1) is 23.6. The summed E-state index contributed by atoms with van der Waals surface area (Å²) in [6.07, 6.45) is 2.07. The van der Waals surface area contributed by atoms with E-state index in [1.54, 1.807) is 23.9 Å². The van der Waals surface area contributed by atoms with Gasteiger partial charge < -0.3 is 9.67 Å². The molecule has 3 aromatic carbocycles. The maximum absolute atomic E-state index is 13.3. The molecule has 1 aliphatic heterocycles. The van der Waals surface area contributed by atoms with Gasteiger partial charge in [0.05, 0.1) is 6.54 Å². The van der Waals surface area contributed by atoms with Crippen LogP contribution in [0.25, 0.3) is 0 Å². The zero-order valence-electron chi connectivity index (χ0n) is 19.6. The molecule has 4 aromatic rings. The summed E-state index contributed by atoms with van der Waals surface area (Å²) < 4.78 is 15.6. The lowest BCUT2D eigenvalue weighted by atomic mass is 9.95. The van der Waals surface area contributed by atoms with Gasteiger partial charge in [-0.25, -0.2) is 4.39 Å². The Labute approximate surface area is 209 Å². The minimum Gasteiger partial charge on any atom is -0.508 e. The van der Waals surface area contributed by atoms with Crippen LogP contribution in [0.1, 0.15) is 41.3 Å². The van der Waals surface area contributed by atoms with Crippen LogP contribution in [0.5, 0.6) is 5.75 Å². The summed E-state index contributed by atoms with van der Waals surface area (Å²) in [5, 5.41) is 19.7. The topological polar surface area (TPSA) is 54.2 Å². The number of phenols is 1. The number of aromatic nitrogens is 3. The first-order valence-corrected chi connectivity index (χ1v) is 13.0. The summed E-state index contributed by atoms with van der Waals surface area (Å²) in [7, 11) is 0. The zero-order chi connectivity index (χ0) is 24.0. The van der Waals surface area contributed by atoms with E-state index in [4.69, 9.17) is 0 Å². The van der Waals surface area contributed by atoms with Gasteiger partial charge in [-0.15, -0.1) is 10.2 Å². The number of thioether (sulfide) groups is 1. The second-order valence-electron chi connectivity index (χ2n) is 9.04. The number of hydrogen-bond donors (Lipinski definition) is 1. The SMILES string of the molecule is Oc1ccc(CN2CCC(c3nnc(SCc4ccc(F)cc4)n3Cc3ccccc3)CC2)cc1. The third-order valence-electron chi connectivity index (χ3n) is 6.51. The van der Waals surface area contributed by atoms with Crippen LogP contribution in [0.15, 0.2) is 84.0 Å². The summed E-state index contributed by atoms with van der Waals surface area (Å²) >= 11 is 1.65. The summed E-state index contributed by atoms with van der Waals surface area (Å²) in [5.41, 5.74) is 3.50. The van der Waals surface area contributed by atoms with Gasteiger partial charge in [-0.3, -0.25) is 4.90 Å².